The lowest BCUT2D eigenvalue weighted by molar-refractivity contribution is -0.384. The number of hydrogen-bond donors (Lipinski definition) is 1. The van der Waals surface area contributed by atoms with E-state index in [1.165, 1.54) is 18.2 Å². The molecule has 9 heteroatoms. The number of esters is 2. The number of non-ortho nitro benzene ring substituents is 1. The molecule has 2 bridgehead atoms. The van der Waals surface area contributed by atoms with Crippen LogP contribution in [0.2, 0.25) is 0 Å². The molecule has 2 aliphatic heterocycles. The van der Waals surface area contributed by atoms with E-state index >= 15 is 0 Å². The molecule has 1 aromatic rings. The van der Waals surface area contributed by atoms with Crippen LogP contribution < -0.4 is 0 Å². The van der Waals surface area contributed by atoms with Crippen LogP contribution >= 0.6 is 0 Å². The Bertz CT molecular complexity index is 1020. The second-order valence-corrected chi connectivity index (χ2v) is 10.5. The molecule has 1 unspecified atom stereocenters. The summed E-state index contributed by atoms with van der Waals surface area (Å²) in [4.78, 5) is 35.4. The lowest BCUT2D eigenvalue weighted by atomic mass is 9.69. The van der Waals surface area contributed by atoms with Crippen LogP contribution in [0.15, 0.2) is 30.3 Å². The normalized spacial score (nSPS) is 35.8. The van der Waals surface area contributed by atoms with Crippen LogP contribution in [0.5, 0.6) is 0 Å². The number of carbonyl (C=O) groups is 2. The maximum absolute atomic E-state index is 13.0. The van der Waals surface area contributed by atoms with E-state index in [-0.39, 0.29) is 23.4 Å². The Labute approximate surface area is 204 Å². The monoisotopic (exact) mass is 487 g/mol. The van der Waals surface area contributed by atoms with Crippen molar-refractivity contribution < 1.29 is 33.8 Å². The number of ether oxygens (including phenoxy) is 3. The number of rotatable bonds is 7. The Morgan fingerprint density at radius 2 is 1.94 bits per heavy atom. The fourth-order valence-corrected chi connectivity index (χ4v) is 6.48. The number of nitrogens with zero attached hydrogens (tertiary/aromatic N) is 1. The van der Waals surface area contributed by atoms with E-state index in [1.54, 1.807) is 18.2 Å². The highest BCUT2D eigenvalue weighted by Gasteiger charge is 2.72. The van der Waals surface area contributed by atoms with Crippen LogP contribution in [0.4, 0.5) is 5.69 Å². The number of hydrogen-bond acceptors (Lipinski definition) is 8. The Morgan fingerprint density at radius 1 is 1.26 bits per heavy atom. The Morgan fingerprint density at radius 3 is 2.54 bits per heavy atom. The second kappa shape index (κ2) is 9.35. The van der Waals surface area contributed by atoms with Crippen molar-refractivity contribution in [2.24, 2.45) is 23.7 Å². The van der Waals surface area contributed by atoms with Crippen molar-refractivity contribution in [3.05, 3.63) is 46.0 Å². The third kappa shape index (κ3) is 4.36. The number of nitro groups is 1. The number of fused-ring (bicyclic) bond motifs is 4. The fraction of sp³-hybridized carbons (Fsp3) is 0.615. The Balaban J connectivity index is 1.61. The first-order valence-electron chi connectivity index (χ1n) is 12.2. The summed E-state index contributed by atoms with van der Waals surface area (Å²) >= 11 is 0. The summed E-state index contributed by atoms with van der Waals surface area (Å²) in [5.74, 6) is -0.844. The molecule has 35 heavy (non-hydrogen) atoms. The highest BCUT2D eigenvalue weighted by atomic mass is 16.6. The standard InChI is InChI=1S/C26H33NO8/c1-15(2)26-13-20(33-22(30)14-28)25(4,35-26)19-11-5-16(3)23(19)24(26)34-21(29)12-8-17-6-9-18(10-7-17)27(31)32/h6-10,12,15-16,19-20,23-24,28H,5,11,13-14H2,1-4H3/b12-8+/t16-,19-,20-,23-,24+,25+,26?/m1/s1. The molecular formula is C26H33NO8. The average molecular weight is 488 g/mol. The van der Waals surface area contributed by atoms with E-state index in [9.17, 15) is 24.8 Å². The van der Waals surface area contributed by atoms with Crippen molar-refractivity contribution in [2.75, 3.05) is 6.61 Å². The van der Waals surface area contributed by atoms with Gasteiger partial charge in [0.25, 0.3) is 5.69 Å². The van der Waals surface area contributed by atoms with Gasteiger partial charge in [-0.25, -0.2) is 9.59 Å². The maximum Gasteiger partial charge on any atom is 0.332 e. The summed E-state index contributed by atoms with van der Waals surface area (Å²) in [7, 11) is 0. The van der Waals surface area contributed by atoms with E-state index in [0.29, 0.717) is 17.9 Å². The van der Waals surface area contributed by atoms with Crippen molar-refractivity contribution in [1.82, 2.24) is 0 Å². The minimum absolute atomic E-state index is 0.0232. The molecule has 4 rings (SSSR count). The molecular weight excluding hydrogens is 454 g/mol. The van der Waals surface area contributed by atoms with Gasteiger partial charge in [0.05, 0.1) is 4.92 Å². The van der Waals surface area contributed by atoms with Gasteiger partial charge < -0.3 is 19.3 Å². The minimum atomic E-state index is -0.828. The molecule has 1 aromatic carbocycles. The van der Waals surface area contributed by atoms with Gasteiger partial charge in [-0.1, -0.05) is 20.8 Å². The zero-order valence-electron chi connectivity index (χ0n) is 20.5. The molecule has 3 fully saturated rings. The first kappa shape index (κ1) is 25.3. The van der Waals surface area contributed by atoms with Crippen molar-refractivity contribution >= 4 is 23.7 Å². The summed E-state index contributed by atoms with van der Waals surface area (Å²) in [5.41, 5.74) is -0.930. The molecule has 7 atom stereocenters. The van der Waals surface area contributed by atoms with E-state index in [2.05, 4.69) is 6.92 Å². The SMILES string of the molecule is CC(C)C12C[C@@H](OC(=O)CO)[C@@](C)(O1)[C@@H]1CC[C@@H](C)[C@H]1[C@@H]2OC(=O)/C=C/c1ccc([N+](=O)[O-])cc1. The summed E-state index contributed by atoms with van der Waals surface area (Å²) < 4.78 is 18.5. The van der Waals surface area contributed by atoms with Gasteiger partial charge in [-0.05, 0) is 61.3 Å². The number of benzene rings is 1. The molecule has 2 saturated heterocycles. The second-order valence-electron chi connectivity index (χ2n) is 10.5. The fourth-order valence-electron chi connectivity index (χ4n) is 6.48. The van der Waals surface area contributed by atoms with Crippen LogP contribution in [-0.2, 0) is 23.8 Å². The number of nitro benzene ring substituents is 1. The molecule has 0 spiro atoms. The van der Waals surface area contributed by atoms with E-state index in [1.807, 2.05) is 20.8 Å². The zero-order valence-corrected chi connectivity index (χ0v) is 20.5. The third-order valence-corrected chi connectivity index (χ3v) is 8.31. The first-order valence-corrected chi connectivity index (χ1v) is 12.2. The summed E-state index contributed by atoms with van der Waals surface area (Å²) in [6.45, 7) is 7.48. The molecule has 1 aliphatic carbocycles. The van der Waals surface area contributed by atoms with E-state index in [0.717, 1.165) is 12.8 Å². The molecule has 0 amide bonds. The average Bonchev–Trinajstić information content (AvgIpc) is 3.33. The van der Waals surface area contributed by atoms with Gasteiger partial charge in [0.1, 0.15) is 30.0 Å². The highest BCUT2D eigenvalue weighted by molar-refractivity contribution is 5.87. The maximum atomic E-state index is 13.0. The van der Waals surface area contributed by atoms with Gasteiger partial charge >= 0.3 is 11.9 Å². The molecule has 2 heterocycles. The van der Waals surface area contributed by atoms with Crippen LogP contribution in [0, 0.1) is 33.8 Å². The highest BCUT2D eigenvalue weighted by Crippen LogP contribution is 2.63. The summed E-state index contributed by atoms with van der Waals surface area (Å²) in [6.07, 6.45) is 4.04. The lowest BCUT2D eigenvalue weighted by Crippen LogP contribution is -2.62. The zero-order chi connectivity index (χ0) is 25.5. The van der Waals surface area contributed by atoms with Crippen molar-refractivity contribution in [3.63, 3.8) is 0 Å². The molecule has 0 radical (unpaired) electrons. The Hall–Kier alpha value is -2.78. The lowest BCUT2D eigenvalue weighted by Gasteiger charge is -2.52. The molecule has 0 aromatic heterocycles. The molecule has 9 nitrogen and oxygen atoms in total. The number of aliphatic hydroxyl groups is 1. The predicted octanol–water partition coefficient (Wildman–Crippen LogP) is 3.67. The smallest absolute Gasteiger partial charge is 0.332 e. The van der Waals surface area contributed by atoms with Crippen molar-refractivity contribution in [2.45, 2.75) is 70.4 Å². The van der Waals surface area contributed by atoms with Gasteiger partial charge in [0.15, 0.2) is 0 Å². The molecule has 1 N–H and O–H groups in total. The molecule has 190 valence electrons. The van der Waals surface area contributed by atoms with E-state index < -0.39 is 46.9 Å². The number of carbonyl (C=O) groups excluding carboxylic acids is 2. The third-order valence-electron chi connectivity index (χ3n) is 8.31. The topological polar surface area (TPSA) is 125 Å². The molecule has 1 saturated carbocycles. The first-order chi connectivity index (χ1) is 16.5. The largest absolute Gasteiger partial charge is 0.457 e. The minimum Gasteiger partial charge on any atom is -0.457 e. The van der Waals surface area contributed by atoms with Crippen molar-refractivity contribution in [3.8, 4) is 0 Å². The molecule has 3 aliphatic rings. The summed E-state index contributed by atoms with van der Waals surface area (Å²) in [5, 5.41) is 20.1. The number of aliphatic hydroxyl groups excluding tert-OH is 1. The van der Waals surface area contributed by atoms with Crippen LogP contribution in [-0.4, -0.2) is 52.0 Å². The summed E-state index contributed by atoms with van der Waals surface area (Å²) in [6, 6.07) is 5.90. The van der Waals surface area contributed by atoms with Crippen LogP contribution in [0.1, 0.15) is 52.5 Å². The van der Waals surface area contributed by atoms with Crippen LogP contribution in [0.25, 0.3) is 6.08 Å². The van der Waals surface area contributed by atoms with Gasteiger partial charge in [-0.3, -0.25) is 10.1 Å². The quantitative estimate of drug-likeness (QED) is 0.267. The van der Waals surface area contributed by atoms with Crippen molar-refractivity contribution in [1.29, 1.82) is 0 Å². The predicted molar refractivity (Wildman–Crippen MR) is 126 cm³/mol. The van der Waals surface area contributed by atoms with Gasteiger partial charge in [-0.2, -0.15) is 0 Å². The van der Waals surface area contributed by atoms with E-state index in [4.69, 9.17) is 14.2 Å². The Kier molecular flexibility index (Phi) is 6.76. The van der Waals surface area contributed by atoms with Crippen LogP contribution in [0.3, 0.4) is 0 Å². The van der Waals surface area contributed by atoms with Gasteiger partial charge in [0, 0.05) is 30.5 Å². The van der Waals surface area contributed by atoms with Gasteiger partial charge in [0.2, 0.25) is 0 Å². The van der Waals surface area contributed by atoms with Gasteiger partial charge in [-0.15, -0.1) is 0 Å².